The number of ether oxygens (including phenoxy) is 1. The van der Waals surface area contributed by atoms with Crippen LogP contribution in [0.1, 0.15) is 6.42 Å². The summed E-state index contributed by atoms with van der Waals surface area (Å²) in [5, 5.41) is 12.5. The van der Waals surface area contributed by atoms with E-state index in [1.165, 1.54) is 0 Å². The number of anilines is 1. The topological polar surface area (TPSA) is 48.3 Å². The molecule has 1 aliphatic heterocycles. The van der Waals surface area contributed by atoms with Gasteiger partial charge < -0.3 is 9.64 Å². The lowest BCUT2D eigenvalue weighted by molar-refractivity contribution is 0.415. The fourth-order valence-electron chi connectivity index (χ4n) is 2.25. The van der Waals surface area contributed by atoms with Crippen molar-refractivity contribution in [2.24, 2.45) is 0 Å². The van der Waals surface area contributed by atoms with E-state index in [1.54, 1.807) is 7.11 Å². The van der Waals surface area contributed by atoms with E-state index in [0.29, 0.717) is 17.6 Å². The molecule has 1 aromatic carbocycles. The second-order valence-corrected chi connectivity index (χ2v) is 4.72. The van der Waals surface area contributed by atoms with Crippen LogP contribution in [0.3, 0.4) is 0 Å². The molecule has 2 rings (SSSR count). The van der Waals surface area contributed by atoms with Crippen LogP contribution >= 0.6 is 11.6 Å². The predicted octanol–water partition coefficient (Wildman–Crippen LogP) is 2.04. The van der Waals surface area contributed by atoms with E-state index >= 15 is 0 Å². The van der Waals surface area contributed by atoms with Crippen molar-refractivity contribution >= 4 is 17.3 Å². The molecule has 1 unspecified atom stereocenters. The molecule has 1 fully saturated rings. The number of nitriles is 1. The van der Waals surface area contributed by atoms with Gasteiger partial charge in [0.2, 0.25) is 0 Å². The van der Waals surface area contributed by atoms with Gasteiger partial charge in [0.25, 0.3) is 0 Å². The quantitative estimate of drug-likeness (QED) is 0.847. The fourth-order valence-corrected chi connectivity index (χ4v) is 2.41. The van der Waals surface area contributed by atoms with E-state index in [1.807, 2.05) is 18.2 Å². The van der Waals surface area contributed by atoms with Crippen LogP contribution in [0.25, 0.3) is 0 Å². The number of halogens is 1. The van der Waals surface area contributed by atoms with Gasteiger partial charge in [-0.15, -0.1) is 0 Å². The Kier molecular flexibility index (Phi) is 4.29. The van der Waals surface area contributed by atoms with Gasteiger partial charge in [-0.2, -0.15) is 5.26 Å². The molecule has 1 N–H and O–H groups in total. The molecule has 1 atom stereocenters. The molecule has 0 bridgehead atoms. The Morgan fingerprint density at radius 2 is 2.44 bits per heavy atom. The van der Waals surface area contributed by atoms with E-state index < -0.39 is 0 Å². The molecule has 1 aromatic rings. The fraction of sp³-hybridized carbons (Fsp3) is 0.462. The minimum Gasteiger partial charge on any atom is -0.495 e. The normalized spacial score (nSPS) is 18.7. The van der Waals surface area contributed by atoms with Gasteiger partial charge in [-0.25, -0.2) is 0 Å². The third-order valence-electron chi connectivity index (χ3n) is 3.14. The van der Waals surface area contributed by atoms with Crippen LogP contribution < -0.4 is 15.0 Å². The zero-order chi connectivity index (χ0) is 13.0. The first-order chi connectivity index (χ1) is 8.74. The number of nitrogens with one attached hydrogen (secondary N) is 1. The first kappa shape index (κ1) is 13.0. The molecule has 18 heavy (non-hydrogen) atoms. The van der Waals surface area contributed by atoms with Gasteiger partial charge in [-0.1, -0.05) is 11.6 Å². The highest BCUT2D eigenvalue weighted by molar-refractivity contribution is 6.30. The van der Waals surface area contributed by atoms with Crippen molar-refractivity contribution in [2.45, 2.75) is 12.5 Å². The highest BCUT2D eigenvalue weighted by Gasteiger charge is 2.24. The molecule has 4 nitrogen and oxygen atoms in total. The van der Waals surface area contributed by atoms with Crippen LogP contribution in [0.5, 0.6) is 5.75 Å². The summed E-state index contributed by atoms with van der Waals surface area (Å²) in [6, 6.07) is 8.09. The zero-order valence-corrected chi connectivity index (χ0v) is 11.1. The minimum atomic E-state index is 0.355. The Morgan fingerprint density at radius 1 is 1.61 bits per heavy atom. The average Bonchev–Trinajstić information content (AvgIpc) is 2.85. The Balaban J connectivity index is 2.09. The van der Waals surface area contributed by atoms with Gasteiger partial charge in [0.15, 0.2) is 0 Å². The van der Waals surface area contributed by atoms with Crippen molar-refractivity contribution < 1.29 is 4.74 Å². The number of hydrogen-bond donors (Lipinski definition) is 1. The number of benzene rings is 1. The van der Waals surface area contributed by atoms with Crippen LogP contribution in [0.2, 0.25) is 5.02 Å². The number of rotatable bonds is 4. The molecule has 96 valence electrons. The summed E-state index contributed by atoms with van der Waals surface area (Å²) < 4.78 is 5.36. The van der Waals surface area contributed by atoms with Gasteiger partial charge in [0.05, 0.1) is 25.4 Å². The van der Waals surface area contributed by atoms with E-state index in [2.05, 4.69) is 16.3 Å². The smallest absolute Gasteiger partial charge is 0.142 e. The van der Waals surface area contributed by atoms with Crippen molar-refractivity contribution in [3.05, 3.63) is 23.2 Å². The molecule has 0 amide bonds. The molecule has 1 heterocycles. The largest absolute Gasteiger partial charge is 0.495 e. The van der Waals surface area contributed by atoms with Crippen molar-refractivity contribution in [1.82, 2.24) is 5.32 Å². The number of methoxy groups -OCH3 is 1. The molecule has 0 radical (unpaired) electrons. The van der Waals surface area contributed by atoms with E-state index in [4.69, 9.17) is 21.6 Å². The maximum absolute atomic E-state index is 8.56. The summed E-state index contributed by atoms with van der Waals surface area (Å²) >= 11 is 6.03. The second-order valence-electron chi connectivity index (χ2n) is 4.29. The van der Waals surface area contributed by atoms with Crippen molar-refractivity contribution in [3.8, 4) is 11.8 Å². The highest BCUT2D eigenvalue weighted by Crippen LogP contribution is 2.33. The Bertz CT molecular complexity index is 458. The molecule has 0 spiro atoms. The van der Waals surface area contributed by atoms with Crippen LogP contribution in [0, 0.1) is 11.3 Å². The summed E-state index contributed by atoms with van der Waals surface area (Å²) in [4.78, 5) is 2.24. The Hall–Kier alpha value is -1.44. The monoisotopic (exact) mass is 265 g/mol. The first-order valence-electron chi connectivity index (χ1n) is 5.93. The predicted molar refractivity (Wildman–Crippen MR) is 72.2 cm³/mol. The summed E-state index contributed by atoms with van der Waals surface area (Å²) in [5.74, 6) is 0.834. The van der Waals surface area contributed by atoms with E-state index in [-0.39, 0.29) is 0 Å². The first-order valence-corrected chi connectivity index (χ1v) is 6.31. The van der Waals surface area contributed by atoms with Crippen LogP contribution in [-0.2, 0) is 0 Å². The lowest BCUT2D eigenvalue weighted by Gasteiger charge is -2.21. The van der Waals surface area contributed by atoms with Gasteiger partial charge in [0, 0.05) is 24.2 Å². The van der Waals surface area contributed by atoms with Gasteiger partial charge >= 0.3 is 0 Å². The lowest BCUT2D eigenvalue weighted by atomic mass is 10.2. The molecular weight excluding hydrogens is 250 g/mol. The van der Waals surface area contributed by atoms with Crippen LogP contribution in [0.15, 0.2) is 18.2 Å². The van der Waals surface area contributed by atoms with Crippen molar-refractivity contribution in [2.75, 3.05) is 31.6 Å². The molecular formula is C13H16ClN3O. The van der Waals surface area contributed by atoms with Crippen LogP contribution in [-0.4, -0.2) is 32.8 Å². The highest BCUT2D eigenvalue weighted by atomic mass is 35.5. The SMILES string of the molecule is COc1ccc(Cl)cc1N1CCC(NCC#N)C1. The summed E-state index contributed by atoms with van der Waals surface area (Å²) in [5.41, 5.74) is 1.02. The molecule has 0 saturated carbocycles. The Labute approximate surface area is 112 Å². The third kappa shape index (κ3) is 2.87. The lowest BCUT2D eigenvalue weighted by Crippen LogP contribution is -2.32. The summed E-state index contributed by atoms with van der Waals surface area (Å²) in [6.07, 6.45) is 1.03. The maximum Gasteiger partial charge on any atom is 0.142 e. The second kappa shape index (κ2) is 5.94. The molecule has 0 aromatic heterocycles. The van der Waals surface area contributed by atoms with Gasteiger partial charge in [-0.3, -0.25) is 5.32 Å². The van der Waals surface area contributed by atoms with Crippen molar-refractivity contribution in [3.63, 3.8) is 0 Å². The van der Waals surface area contributed by atoms with Crippen LogP contribution in [0.4, 0.5) is 5.69 Å². The standard InChI is InChI=1S/C13H16ClN3O/c1-18-13-3-2-10(14)8-12(13)17-7-4-11(9-17)16-6-5-15/h2-3,8,11,16H,4,6-7,9H2,1H3. The summed E-state index contributed by atoms with van der Waals surface area (Å²) in [6.45, 7) is 2.21. The van der Waals surface area contributed by atoms with E-state index in [0.717, 1.165) is 30.9 Å². The molecule has 1 saturated heterocycles. The molecule has 1 aliphatic rings. The molecule has 5 heteroatoms. The number of nitrogens with zero attached hydrogens (tertiary/aromatic N) is 2. The number of hydrogen-bond acceptors (Lipinski definition) is 4. The maximum atomic E-state index is 8.56. The summed E-state index contributed by atoms with van der Waals surface area (Å²) in [7, 11) is 1.66. The average molecular weight is 266 g/mol. The van der Waals surface area contributed by atoms with E-state index in [9.17, 15) is 0 Å². The van der Waals surface area contributed by atoms with Crippen molar-refractivity contribution in [1.29, 1.82) is 5.26 Å². The minimum absolute atomic E-state index is 0.355. The third-order valence-corrected chi connectivity index (χ3v) is 3.37. The zero-order valence-electron chi connectivity index (χ0n) is 10.3. The Morgan fingerprint density at radius 3 is 3.17 bits per heavy atom. The molecule has 0 aliphatic carbocycles. The van der Waals surface area contributed by atoms with Gasteiger partial charge in [0.1, 0.15) is 5.75 Å². The van der Waals surface area contributed by atoms with Gasteiger partial charge in [-0.05, 0) is 24.6 Å².